The molecule has 1 saturated heterocycles. The summed E-state index contributed by atoms with van der Waals surface area (Å²) in [4.78, 5) is 36.5. The van der Waals surface area contributed by atoms with Crippen molar-refractivity contribution in [3.8, 4) is 6.07 Å². The van der Waals surface area contributed by atoms with E-state index in [4.69, 9.17) is 5.26 Å². The second-order valence-electron chi connectivity index (χ2n) is 4.57. The van der Waals surface area contributed by atoms with Gasteiger partial charge in [0.1, 0.15) is 18.0 Å². The van der Waals surface area contributed by atoms with Gasteiger partial charge in [-0.3, -0.25) is 19.7 Å². The van der Waals surface area contributed by atoms with Gasteiger partial charge in [0.05, 0.1) is 6.07 Å². The summed E-state index contributed by atoms with van der Waals surface area (Å²) in [6, 6.07) is 1.29. The summed E-state index contributed by atoms with van der Waals surface area (Å²) in [6.07, 6.45) is 0.751. The average molecular weight is 251 g/mol. The molecule has 2 atom stereocenters. The van der Waals surface area contributed by atoms with E-state index in [0.29, 0.717) is 12.8 Å². The quantitative estimate of drug-likeness (QED) is 0.725. The number of amides is 3. The van der Waals surface area contributed by atoms with Gasteiger partial charge in [0.15, 0.2) is 0 Å². The summed E-state index contributed by atoms with van der Waals surface area (Å²) in [6.45, 7) is 4.85. The summed E-state index contributed by atoms with van der Waals surface area (Å²) < 4.78 is 0. The van der Waals surface area contributed by atoms with Crippen molar-refractivity contribution >= 4 is 17.7 Å². The first kappa shape index (κ1) is 14.2. The number of nitrogens with one attached hydrogen (secondary N) is 1. The molecule has 6 nitrogen and oxygen atoms in total. The molecule has 0 spiro atoms. The molecule has 0 aromatic heterocycles. The van der Waals surface area contributed by atoms with E-state index >= 15 is 0 Å². The minimum Gasteiger partial charge on any atom is -0.320 e. The Kier molecular flexibility index (Phi) is 4.07. The van der Waals surface area contributed by atoms with Crippen molar-refractivity contribution in [2.75, 3.05) is 6.54 Å². The fraction of sp³-hybridized carbons (Fsp3) is 0.667. The fourth-order valence-electron chi connectivity index (χ4n) is 1.88. The Bertz CT molecular complexity index is 427. The fourth-order valence-corrected chi connectivity index (χ4v) is 1.88. The molecule has 3 amide bonds. The number of carbonyl (C=O) groups excluding carboxylic acids is 3. The Balaban J connectivity index is 3.05. The number of rotatable bonds is 3. The van der Waals surface area contributed by atoms with Gasteiger partial charge < -0.3 is 4.90 Å². The molecular weight excluding hydrogens is 234 g/mol. The molecule has 1 aliphatic rings. The Labute approximate surface area is 106 Å². The van der Waals surface area contributed by atoms with E-state index in [-0.39, 0.29) is 6.54 Å². The highest BCUT2D eigenvalue weighted by Gasteiger charge is 2.43. The third kappa shape index (κ3) is 2.35. The van der Waals surface area contributed by atoms with Crippen molar-refractivity contribution in [3.05, 3.63) is 0 Å². The standard InChI is InChI=1S/C12H17N3O3/c1-4-8-10(17)14-9(16)6-15(8)11(18)12(3,5-2)7-13/h8H,4-6H2,1-3H3,(H,14,16,17). The third-order valence-electron chi connectivity index (χ3n) is 3.33. The Hall–Kier alpha value is -1.90. The monoisotopic (exact) mass is 251 g/mol. The zero-order valence-corrected chi connectivity index (χ0v) is 10.8. The highest BCUT2D eigenvalue weighted by Crippen LogP contribution is 2.25. The van der Waals surface area contributed by atoms with Crippen LogP contribution in [-0.2, 0) is 14.4 Å². The molecule has 1 N–H and O–H groups in total. The smallest absolute Gasteiger partial charge is 0.249 e. The van der Waals surface area contributed by atoms with Gasteiger partial charge in [-0.05, 0) is 19.8 Å². The van der Waals surface area contributed by atoms with Gasteiger partial charge in [-0.2, -0.15) is 5.26 Å². The summed E-state index contributed by atoms with van der Waals surface area (Å²) in [5.41, 5.74) is -1.19. The SMILES string of the molecule is CCC1C(=O)NC(=O)CN1C(=O)C(C)(C#N)CC. The topological polar surface area (TPSA) is 90.3 Å². The van der Waals surface area contributed by atoms with Crippen LogP contribution in [0.4, 0.5) is 0 Å². The lowest BCUT2D eigenvalue weighted by molar-refractivity contribution is -0.154. The second-order valence-corrected chi connectivity index (χ2v) is 4.57. The van der Waals surface area contributed by atoms with E-state index in [1.54, 1.807) is 13.8 Å². The normalized spacial score (nSPS) is 23.0. The van der Waals surface area contributed by atoms with Crippen molar-refractivity contribution < 1.29 is 14.4 Å². The van der Waals surface area contributed by atoms with E-state index in [1.165, 1.54) is 11.8 Å². The van der Waals surface area contributed by atoms with Crippen LogP contribution in [0.5, 0.6) is 0 Å². The van der Waals surface area contributed by atoms with Gasteiger partial charge in [0.2, 0.25) is 17.7 Å². The van der Waals surface area contributed by atoms with Gasteiger partial charge in [-0.1, -0.05) is 13.8 Å². The molecule has 0 radical (unpaired) electrons. The molecule has 1 heterocycles. The summed E-state index contributed by atoms with van der Waals surface area (Å²) in [7, 11) is 0. The van der Waals surface area contributed by atoms with Crippen LogP contribution in [0.2, 0.25) is 0 Å². The van der Waals surface area contributed by atoms with Crippen LogP contribution < -0.4 is 5.32 Å². The van der Waals surface area contributed by atoms with Gasteiger partial charge in [0, 0.05) is 0 Å². The molecule has 1 aliphatic heterocycles. The first-order valence-electron chi connectivity index (χ1n) is 5.95. The molecule has 0 saturated carbocycles. The number of hydrogen-bond acceptors (Lipinski definition) is 4. The zero-order valence-electron chi connectivity index (χ0n) is 10.8. The van der Waals surface area contributed by atoms with E-state index in [9.17, 15) is 14.4 Å². The van der Waals surface area contributed by atoms with Crippen molar-refractivity contribution in [2.24, 2.45) is 5.41 Å². The van der Waals surface area contributed by atoms with Crippen molar-refractivity contribution in [3.63, 3.8) is 0 Å². The van der Waals surface area contributed by atoms with E-state index in [0.717, 1.165) is 0 Å². The van der Waals surface area contributed by atoms with E-state index in [1.807, 2.05) is 6.07 Å². The summed E-state index contributed by atoms with van der Waals surface area (Å²) >= 11 is 0. The van der Waals surface area contributed by atoms with Crippen LogP contribution in [-0.4, -0.2) is 35.2 Å². The van der Waals surface area contributed by atoms with Crippen LogP contribution in [0.25, 0.3) is 0 Å². The molecule has 1 fully saturated rings. The van der Waals surface area contributed by atoms with Crippen LogP contribution in [0.15, 0.2) is 0 Å². The largest absolute Gasteiger partial charge is 0.320 e. The number of imide groups is 1. The molecule has 98 valence electrons. The molecule has 18 heavy (non-hydrogen) atoms. The van der Waals surface area contributed by atoms with Crippen molar-refractivity contribution in [1.82, 2.24) is 10.2 Å². The van der Waals surface area contributed by atoms with E-state index < -0.39 is 29.2 Å². The molecule has 1 rings (SSSR count). The predicted molar refractivity (Wildman–Crippen MR) is 63.0 cm³/mol. The number of nitriles is 1. The molecule has 0 aromatic rings. The van der Waals surface area contributed by atoms with Gasteiger partial charge in [-0.25, -0.2) is 0 Å². The Morgan fingerprint density at radius 3 is 2.61 bits per heavy atom. The average Bonchev–Trinajstić information content (AvgIpc) is 2.36. The highest BCUT2D eigenvalue weighted by atomic mass is 16.2. The van der Waals surface area contributed by atoms with Crippen LogP contribution in [0.3, 0.4) is 0 Å². The summed E-state index contributed by atoms with van der Waals surface area (Å²) in [5.74, 6) is -1.43. The number of hydrogen-bond donors (Lipinski definition) is 1. The predicted octanol–water partition coefficient (Wildman–Crippen LogP) is 0.190. The first-order chi connectivity index (χ1) is 8.39. The third-order valence-corrected chi connectivity index (χ3v) is 3.33. The molecule has 0 bridgehead atoms. The number of nitrogens with zero attached hydrogens (tertiary/aromatic N) is 2. The maximum absolute atomic E-state index is 12.3. The Morgan fingerprint density at radius 2 is 2.17 bits per heavy atom. The molecule has 2 unspecified atom stereocenters. The molecular formula is C12H17N3O3. The lowest BCUT2D eigenvalue weighted by Gasteiger charge is -2.37. The van der Waals surface area contributed by atoms with Gasteiger partial charge in [-0.15, -0.1) is 0 Å². The lowest BCUT2D eigenvalue weighted by atomic mass is 9.86. The second kappa shape index (κ2) is 5.17. The number of carbonyl (C=O) groups is 3. The van der Waals surface area contributed by atoms with Crippen LogP contribution in [0.1, 0.15) is 33.6 Å². The van der Waals surface area contributed by atoms with Crippen LogP contribution >= 0.6 is 0 Å². The van der Waals surface area contributed by atoms with Gasteiger partial charge >= 0.3 is 0 Å². The van der Waals surface area contributed by atoms with Crippen molar-refractivity contribution in [2.45, 2.75) is 39.7 Å². The maximum atomic E-state index is 12.3. The maximum Gasteiger partial charge on any atom is 0.249 e. The van der Waals surface area contributed by atoms with Crippen LogP contribution in [0, 0.1) is 16.7 Å². The lowest BCUT2D eigenvalue weighted by Crippen LogP contribution is -2.61. The molecule has 0 aromatic carbocycles. The zero-order chi connectivity index (χ0) is 13.9. The molecule has 0 aliphatic carbocycles. The van der Waals surface area contributed by atoms with E-state index in [2.05, 4.69) is 5.32 Å². The molecule has 6 heteroatoms. The van der Waals surface area contributed by atoms with Gasteiger partial charge in [0.25, 0.3) is 0 Å². The summed E-state index contributed by atoms with van der Waals surface area (Å²) in [5, 5.41) is 11.3. The first-order valence-corrected chi connectivity index (χ1v) is 5.95. The Morgan fingerprint density at radius 1 is 1.56 bits per heavy atom. The highest BCUT2D eigenvalue weighted by molar-refractivity contribution is 6.05. The minimum atomic E-state index is -1.19. The number of piperazine rings is 1. The minimum absolute atomic E-state index is 0.166. The van der Waals surface area contributed by atoms with Crippen molar-refractivity contribution in [1.29, 1.82) is 5.26 Å².